The van der Waals surface area contributed by atoms with Crippen LogP contribution in [0.15, 0.2) is 29.4 Å². The Bertz CT molecular complexity index is 428. The minimum absolute atomic E-state index is 0.0283. The average molecular weight is 239 g/mol. The van der Waals surface area contributed by atoms with Gasteiger partial charge in [-0.1, -0.05) is 16.8 Å². The van der Waals surface area contributed by atoms with Gasteiger partial charge in [0, 0.05) is 17.0 Å². The SMILES string of the molecule is CC1CC(NC(=O)c2ccc(Cl)cc2)=NO1. The number of oxime groups is 1. The second-order valence-corrected chi connectivity index (χ2v) is 4.06. The van der Waals surface area contributed by atoms with E-state index >= 15 is 0 Å². The van der Waals surface area contributed by atoms with Crippen molar-refractivity contribution in [1.82, 2.24) is 5.32 Å². The van der Waals surface area contributed by atoms with E-state index in [0.29, 0.717) is 22.8 Å². The highest BCUT2D eigenvalue weighted by molar-refractivity contribution is 6.30. The van der Waals surface area contributed by atoms with Crippen LogP contribution in [0.5, 0.6) is 0 Å². The molecule has 1 N–H and O–H groups in total. The van der Waals surface area contributed by atoms with Crippen LogP contribution in [0.3, 0.4) is 0 Å². The topological polar surface area (TPSA) is 50.7 Å². The lowest BCUT2D eigenvalue weighted by Crippen LogP contribution is -2.29. The highest BCUT2D eigenvalue weighted by Crippen LogP contribution is 2.11. The van der Waals surface area contributed by atoms with Crippen LogP contribution in [0.1, 0.15) is 23.7 Å². The zero-order valence-electron chi connectivity index (χ0n) is 8.74. The van der Waals surface area contributed by atoms with Crippen LogP contribution in [0.2, 0.25) is 5.02 Å². The van der Waals surface area contributed by atoms with Crippen molar-refractivity contribution in [3.8, 4) is 0 Å². The van der Waals surface area contributed by atoms with Gasteiger partial charge in [-0.15, -0.1) is 0 Å². The third kappa shape index (κ3) is 2.52. The highest BCUT2D eigenvalue weighted by atomic mass is 35.5. The number of hydrogen-bond donors (Lipinski definition) is 1. The summed E-state index contributed by atoms with van der Waals surface area (Å²) in [5.74, 6) is 0.362. The van der Waals surface area contributed by atoms with E-state index in [2.05, 4.69) is 10.5 Å². The van der Waals surface area contributed by atoms with Gasteiger partial charge in [0.2, 0.25) is 0 Å². The molecule has 1 aromatic carbocycles. The summed E-state index contributed by atoms with van der Waals surface area (Å²) in [6.07, 6.45) is 0.653. The lowest BCUT2D eigenvalue weighted by molar-refractivity contribution is 0.0967. The number of carbonyl (C=O) groups is 1. The quantitative estimate of drug-likeness (QED) is 0.815. The summed E-state index contributed by atoms with van der Waals surface area (Å²) in [5.41, 5.74) is 0.548. The molecule has 1 amide bonds. The summed E-state index contributed by atoms with van der Waals surface area (Å²) in [5, 5.41) is 7.05. The minimum Gasteiger partial charge on any atom is -0.391 e. The Labute approximate surface area is 98.2 Å². The number of amidine groups is 1. The molecule has 1 heterocycles. The molecule has 0 radical (unpaired) electrons. The van der Waals surface area contributed by atoms with E-state index < -0.39 is 0 Å². The molecule has 0 aliphatic carbocycles. The van der Waals surface area contributed by atoms with Crippen molar-refractivity contribution in [3.63, 3.8) is 0 Å². The summed E-state index contributed by atoms with van der Waals surface area (Å²) in [7, 11) is 0. The van der Waals surface area contributed by atoms with Crippen molar-refractivity contribution in [1.29, 1.82) is 0 Å². The maximum absolute atomic E-state index is 11.7. The van der Waals surface area contributed by atoms with Gasteiger partial charge in [-0.3, -0.25) is 4.79 Å². The Morgan fingerprint density at radius 3 is 2.75 bits per heavy atom. The van der Waals surface area contributed by atoms with Crippen molar-refractivity contribution < 1.29 is 9.63 Å². The molecule has 4 nitrogen and oxygen atoms in total. The van der Waals surface area contributed by atoms with E-state index in [0.717, 1.165) is 0 Å². The number of rotatable bonds is 1. The zero-order chi connectivity index (χ0) is 11.5. The largest absolute Gasteiger partial charge is 0.391 e. The molecule has 1 aliphatic heterocycles. The van der Waals surface area contributed by atoms with Crippen molar-refractivity contribution in [2.24, 2.45) is 5.16 Å². The van der Waals surface area contributed by atoms with Gasteiger partial charge < -0.3 is 10.2 Å². The summed E-state index contributed by atoms with van der Waals surface area (Å²) in [6.45, 7) is 1.89. The molecule has 1 unspecified atom stereocenters. The standard InChI is InChI=1S/C11H11ClN2O2/c1-7-6-10(14-16-7)13-11(15)8-2-4-9(12)5-3-8/h2-5,7H,6H2,1H3,(H,13,14,15). The number of carbonyl (C=O) groups excluding carboxylic acids is 1. The molecular formula is C11H11ClN2O2. The molecule has 0 saturated heterocycles. The second kappa shape index (κ2) is 4.53. The first-order valence-electron chi connectivity index (χ1n) is 4.95. The summed E-state index contributed by atoms with van der Waals surface area (Å²) in [6, 6.07) is 6.67. The number of amides is 1. The van der Waals surface area contributed by atoms with Gasteiger partial charge in [0.05, 0.1) is 0 Å². The van der Waals surface area contributed by atoms with Gasteiger partial charge in [-0.25, -0.2) is 0 Å². The number of benzene rings is 1. The molecule has 2 rings (SSSR count). The van der Waals surface area contributed by atoms with Crippen LogP contribution in [-0.2, 0) is 4.84 Å². The number of nitrogens with one attached hydrogen (secondary N) is 1. The zero-order valence-corrected chi connectivity index (χ0v) is 9.49. The number of hydrogen-bond acceptors (Lipinski definition) is 3. The lowest BCUT2D eigenvalue weighted by Gasteiger charge is -2.03. The summed E-state index contributed by atoms with van der Waals surface area (Å²) >= 11 is 5.73. The summed E-state index contributed by atoms with van der Waals surface area (Å²) < 4.78 is 0. The Balaban J connectivity index is 2.01. The third-order valence-corrected chi connectivity index (χ3v) is 2.44. The van der Waals surface area contributed by atoms with Crippen LogP contribution in [0.4, 0.5) is 0 Å². The van der Waals surface area contributed by atoms with Gasteiger partial charge >= 0.3 is 0 Å². The Kier molecular flexibility index (Phi) is 3.10. The molecule has 0 fully saturated rings. The molecule has 0 aromatic heterocycles. The highest BCUT2D eigenvalue weighted by Gasteiger charge is 2.18. The fourth-order valence-corrected chi connectivity index (χ4v) is 1.50. The first kappa shape index (κ1) is 11.0. The van der Waals surface area contributed by atoms with E-state index in [1.807, 2.05) is 6.92 Å². The predicted molar refractivity (Wildman–Crippen MR) is 61.5 cm³/mol. The van der Waals surface area contributed by atoms with Crippen molar-refractivity contribution in [2.45, 2.75) is 19.4 Å². The monoisotopic (exact) mass is 238 g/mol. The maximum atomic E-state index is 11.7. The predicted octanol–water partition coefficient (Wildman–Crippen LogP) is 2.19. The maximum Gasteiger partial charge on any atom is 0.256 e. The molecule has 84 valence electrons. The Morgan fingerprint density at radius 1 is 1.50 bits per heavy atom. The lowest BCUT2D eigenvalue weighted by atomic mass is 10.2. The van der Waals surface area contributed by atoms with Crippen molar-refractivity contribution in [3.05, 3.63) is 34.9 Å². The van der Waals surface area contributed by atoms with Gasteiger partial charge in [0.1, 0.15) is 6.10 Å². The molecule has 16 heavy (non-hydrogen) atoms. The van der Waals surface area contributed by atoms with Crippen LogP contribution < -0.4 is 5.32 Å². The van der Waals surface area contributed by atoms with Gasteiger partial charge in [0.25, 0.3) is 5.91 Å². The van der Waals surface area contributed by atoms with Gasteiger partial charge in [-0.05, 0) is 31.2 Å². The number of halogens is 1. The smallest absolute Gasteiger partial charge is 0.256 e. The first-order chi connectivity index (χ1) is 7.65. The molecule has 5 heteroatoms. The van der Waals surface area contributed by atoms with Crippen LogP contribution in [0, 0.1) is 0 Å². The molecule has 0 bridgehead atoms. The van der Waals surface area contributed by atoms with Crippen LogP contribution >= 0.6 is 11.6 Å². The second-order valence-electron chi connectivity index (χ2n) is 3.62. The fourth-order valence-electron chi connectivity index (χ4n) is 1.38. The molecule has 1 aliphatic rings. The van der Waals surface area contributed by atoms with E-state index in [9.17, 15) is 4.79 Å². The molecule has 0 saturated carbocycles. The molecule has 1 atom stereocenters. The summed E-state index contributed by atoms with van der Waals surface area (Å²) in [4.78, 5) is 16.7. The Morgan fingerprint density at radius 2 is 2.19 bits per heavy atom. The van der Waals surface area contributed by atoms with E-state index in [4.69, 9.17) is 16.4 Å². The third-order valence-electron chi connectivity index (χ3n) is 2.19. The van der Waals surface area contributed by atoms with Crippen LogP contribution in [0.25, 0.3) is 0 Å². The Hall–Kier alpha value is -1.55. The van der Waals surface area contributed by atoms with Crippen LogP contribution in [-0.4, -0.2) is 17.8 Å². The number of nitrogens with zero attached hydrogens (tertiary/aromatic N) is 1. The molecular weight excluding hydrogens is 228 g/mol. The van der Waals surface area contributed by atoms with Gasteiger partial charge in [0.15, 0.2) is 5.84 Å². The van der Waals surface area contributed by atoms with Crippen molar-refractivity contribution >= 4 is 23.3 Å². The average Bonchev–Trinajstić information content (AvgIpc) is 2.65. The first-order valence-corrected chi connectivity index (χ1v) is 5.32. The van der Waals surface area contributed by atoms with Gasteiger partial charge in [-0.2, -0.15) is 0 Å². The normalized spacial score (nSPS) is 18.9. The minimum atomic E-state index is -0.201. The van der Waals surface area contributed by atoms with Crippen molar-refractivity contribution in [2.75, 3.05) is 0 Å². The molecule has 0 spiro atoms. The molecule has 1 aromatic rings. The van der Waals surface area contributed by atoms with E-state index in [-0.39, 0.29) is 12.0 Å². The van der Waals surface area contributed by atoms with E-state index in [1.54, 1.807) is 24.3 Å². The fraction of sp³-hybridized carbons (Fsp3) is 0.273. The van der Waals surface area contributed by atoms with E-state index in [1.165, 1.54) is 0 Å².